The molecule has 2 nitrogen and oxygen atoms in total. The molecule has 0 saturated carbocycles. The van der Waals surface area contributed by atoms with Crippen LogP contribution in [0.15, 0.2) is 48.5 Å². The lowest BCUT2D eigenvalue weighted by atomic mass is 10.2. The molecule has 0 saturated heterocycles. The van der Waals surface area contributed by atoms with Crippen molar-refractivity contribution in [3.8, 4) is 11.8 Å². The first-order chi connectivity index (χ1) is 9.09. The molecule has 2 aromatic carbocycles. The number of hydrogen-bond donors (Lipinski definition) is 0. The maximum absolute atomic E-state index is 9.20. The van der Waals surface area contributed by atoms with Gasteiger partial charge in [-0.3, -0.25) is 0 Å². The highest BCUT2D eigenvalue weighted by atomic mass is 28.3. The Kier molecular flexibility index (Phi) is 3.73. The Morgan fingerprint density at radius 2 is 1.68 bits per heavy atom. The van der Waals surface area contributed by atoms with Crippen molar-refractivity contribution in [1.29, 1.82) is 5.26 Å². The van der Waals surface area contributed by atoms with E-state index in [1.807, 2.05) is 18.2 Å². The van der Waals surface area contributed by atoms with Crippen LogP contribution in [0.1, 0.15) is 5.56 Å². The highest BCUT2D eigenvalue weighted by Gasteiger charge is 2.26. The van der Waals surface area contributed by atoms with Crippen LogP contribution >= 0.6 is 0 Å². The van der Waals surface area contributed by atoms with Gasteiger partial charge in [-0.05, 0) is 12.1 Å². The Hall–Kier alpha value is -2.05. The maximum atomic E-state index is 9.20. The lowest BCUT2D eigenvalue weighted by Gasteiger charge is -2.24. The molecule has 0 spiro atoms. The number of methoxy groups -OCH3 is 1. The van der Waals surface area contributed by atoms with Crippen LogP contribution in [0.25, 0.3) is 0 Å². The highest BCUT2D eigenvalue weighted by Crippen LogP contribution is 2.17. The first-order valence-corrected chi connectivity index (χ1v) is 9.23. The number of rotatable bonds is 3. The van der Waals surface area contributed by atoms with Crippen LogP contribution < -0.4 is 15.1 Å². The van der Waals surface area contributed by atoms with Gasteiger partial charge >= 0.3 is 0 Å². The molecular weight excluding hydrogens is 250 g/mol. The summed E-state index contributed by atoms with van der Waals surface area (Å²) in [5.74, 6) is 0.643. The van der Waals surface area contributed by atoms with Crippen LogP contribution in [-0.2, 0) is 0 Å². The predicted octanol–water partition coefficient (Wildman–Crippen LogP) is 2.39. The zero-order valence-corrected chi connectivity index (χ0v) is 12.5. The van der Waals surface area contributed by atoms with Gasteiger partial charge in [0.15, 0.2) is 0 Å². The van der Waals surface area contributed by atoms with Gasteiger partial charge in [0.2, 0.25) is 0 Å². The number of nitrogens with zero attached hydrogens (tertiary/aromatic N) is 1. The van der Waals surface area contributed by atoms with E-state index in [9.17, 15) is 5.26 Å². The molecule has 0 radical (unpaired) electrons. The smallest absolute Gasteiger partial charge is 0.136 e. The van der Waals surface area contributed by atoms with Crippen molar-refractivity contribution in [3.63, 3.8) is 0 Å². The lowest BCUT2D eigenvalue weighted by molar-refractivity contribution is 0.413. The summed E-state index contributed by atoms with van der Waals surface area (Å²) in [5, 5.41) is 11.8. The Morgan fingerprint density at radius 3 is 2.26 bits per heavy atom. The molecule has 0 amide bonds. The Balaban J connectivity index is 2.50. The lowest BCUT2D eigenvalue weighted by Crippen LogP contribution is -2.52. The zero-order chi connectivity index (χ0) is 13.9. The van der Waals surface area contributed by atoms with E-state index in [4.69, 9.17) is 4.74 Å². The van der Waals surface area contributed by atoms with Crippen LogP contribution in [0.3, 0.4) is 0 Å². The Bertz CT molecular complexity index is 614. The standard InChI is InChI=1S/C16H17NOSi/c1-18-16-10-9-15(11-13(16)12-17)19(2,3)14-7-5-4-6-8-14/h4-11H,1-3H3. The van der Waals surface area contributed by atoms with Crippen molar-refractivity contribution in [1.82, 2.24) is 0 Å². The van der Waals surface area contributed by atoms with Gasteiger partial charge in [-0.2, -0.15) is 5.26 Å². The third kappa shape index (κ3) is 2.54. The average molecular weight is 267 g/mol. The predicted molar refractivity (Wildman–Crippen MR) is 80.9 cm³/mol. The normalized spacial score (nSPS) is 10.8. The van der Waals surface area contributed by atoms with Crippen molar-refractivity contribution in [2.24, 2.45) is 0 Å². The second-order valence-corrected chi connectivity index (χ2v) is 9.42. The third-order valence-electron chi connectivity index (χ3n) is 3.54. The number of hydrogen-bond acceptors (Lipinski definition) is 2. The molecule has 0 aliphatic heterocycles. The van der Waals surface area contributed by atoms with E-state index in [2.05, 4.69) is 49.5 Å². The van der Waals surface area contributed by atoms with Crippen molar-refractivity contribution < 1.29 is 4.74 Å². The molecular formula is C16H17NOSi. The molecule has 2 rings (SSSR count). The summed E-state index contributed by atoms with van der Waals surface area (Å²) in [5.41, 5.74) is 0.608. The van der Waals surface area contributed by atoms with E-state index >= 15 is 0 Å². The van der Waals surface area contributed by atoms with Gasteiger partial charge in [0.05, 0.1) is 12.7 Å². The highest BCUT2D eigenvalue weighted by molar-refractivity contribution is 7.00. The van der Waals surface area contributed by atoms with Gasteiger partial charge < -0.3 is 4.74 Å². The molecule has 0 bridgehead atoms. The molecule has 0 unspecified atom stereocenters. The van der Waals surface area contributed by atoms with E-state index in [0.29, 0.717) is 11.3 Å². The van der Waals surface area contributed by atoms with Gasteiger partial charge in [-0.25, -0.2) is 0 Å². The summed E-state index contributed by atoms with van der Waals surface area (Å²) in [7, 11) is -0.153. The van der Waals surface area contributed by atoms with Crippen molar-refractivity contribution in [3.05, 3.63) is 54.1 Å². The Labute approximate surface area is 115 Å². The van der Waals surface area contributed by atoms with Crippen molar-refractivity contribution in [2.45, 2.75) is 13.1 Å². The second kappa shape index (κ2) is 5.29. The van der Waals surface area contributed by atoms with E-state index in [0.717, 1.165) is 0 Å². The molecule has 0 aromatic heterocycles. The largest absolute Gasteiger partial charge is 0.495 e. The molecule has 0 aliphatic carbocycles. The summed E-state index contributed by atoms with van der Waals surface area (Å²) in [4.78, 5) is 0. The molecule has 3 heteroatoms. The van der Waals surface area contributed by atoms with Crippen LogP contribution in [0.2, 0.25) is 13.1 Å². The van der Waals surface area contributed by atoms with Crippen LogP contribution in [0.5, 0.6) is 5.75 Å². The molecule has 96 valence electrons. The number of ether oxygens (including phenoxy) is 1. The van der Waals surface area contributed by atoms with Crippen LogP contribution in [0.4, 0.5) is 0 Å². The SMILES string of the molecule is COc1ccc([Si](C)(C)c2ccccc2)cc1C#N. The van der Waals surface area contributed by atoms with E-state index in [1.54, 1.807) is 7.11 Å². The molecule has 0 fully saturated rings. The van der Waals surface area contributed by atoms with Gasteiger partial charge in [0.1, 0.15) is 19.9 Å². The molecule has 0 aliphatic rings. The van der Waals surface area contributed by atoms with Gasteiger partial charge in [-0.1, -0.05) is 59.9 Å². The summed E-state index contributed by atoms with van der Waals surface area (Å²) < 4.78 is 5.20. The van der Waals surface area contributed by atoms with Gasteiger partial charge in [0.25, 0.3) is 0 Å². The molecule has 19 heavy (non-hydrogen) atoms. The fourth-order valence-electron chi connectivity index (χ4n) is 2.21. The number of nitriles is 1. The van der Waals surface area contributed by atoms with Gasteiger partial charge in [-0.15, -0.1) is 0 Å². The average Bonchev–Trinajstić information content (AvgIpc) is 2.47. The van der Waals surface area contributed by atoms with E-state index in [1.165, 1.54) is 10.4 Å². The maximum Gasteiger partial charge on any atom is 0.136 e. The topological polar surface area (TPSA) is 33.0 Å². The van der Waals surface area contributed by atoms with E-state index in [-0.39, 0.29) is 0 Å². The summed E-state index contributed by atoms with van der Waals surface area (Å²) in [6.45, 7) is 4.59. The van der Waals surface area contributed by atoms with Gasteiger partial charge in [0, 0.05) is 0 Å². The first kappa shape index (κ1) is 13.4. The minimum atomic E-state index is -1.75. The minimum Gasteiger partial charge on any atom is -0.495 e. The van der Waals surface area contributed by atoms with E-state index < -0.39 is 8.07 Å². The third-order valence-corrected chi connectivity index (χ3v) is 7.07. The molecule has 2 aromatic rings. The fraction of sp³-hybridized carbons (Fsp3) is 0.188. The molecule has 0 heterocycles. The summed E-state index contributed by atoms with van der Waals surface area (Å²) in [6, 6.07) is 18.7. The van der Waals surface area contributed by atoms with Crippen molar-refractivity contribution >= 4 is 18.4 Å². The fourth-order valence-corrected chi connectivity index (χ4v) is 4.57. The quantitative estimate of drug-likeness (QED) is 0.800. The minimum absolute atomic E-state index is 0.608. The first-order valence-electron chi connectivity index (χ1n) is 6.23. The van der Waals surface area contributed by atoms with Crippen LogP contribution in [0, 0.1) is 11.3 Å². The summed E-state index contributed by atoms with van der Waals surface area (Å²) in [6.07, 6.45) is 0. The zero-order valence-electron chi connectivity index (χ0n) is 11.5. The second-order valence-electron chi connectivity index (χ2n) is 5.02. The van der Waals surface area contributed by atoms with Crippen LogP contribution in [-0.4, -0.2) is 15.2 Å². The number of benzene rings is 2. The van der Waals surface area contributed by atoms with Crippen molar-refractivity contribution in [2.75, 3.05) is 7.11 Å². The summed E-state index contributed by atoms with van der Waals surface area (Å²) >= 11 is 0. The molecule has 0 N–H and O–H groups in total. The monoisotopic (exact) mass is 267 g/mol. The Morgan fingerprint density at radius 1 is 1.00 bits per heavy atom. The molecule has 0 atom stereocenters.